The third kappa shape index (κ3) is 0.518. The molecule has 0 spiro atoms. The number of rotatable bonds is 2. The van der Waals surface area contributed by atoms with Crippen molar-refractivity contribution in [1.29, 1.82) is 2.86 Å². The molecule has 1 saturated heterocycles. The SMILES string of the molecule is [2H]OC1(O[2H])C([2H])([2H])OC1([2H])[2H]. The summed E-state index contributed by atoms with van der Waals surface area (Å²) in [5, 5.41) is 7.44. The maximum absolute atomic E-state index is 6.94. The number of hydrogen-bond donors (Lipinski definition) is 2. The van der Waals surface area contributed by atoms with Crippen LogP contribution in [-0.4, -0.2) is 32.0 Å². The largest absolute Gasteiger partial charge is 0.370 e. The Morgan fingerprint density at radius 2 is 2.50 bits per heavy atom. The molecule has 6 heavy (non-hydrogen) atoms. The van der Waals surface area contributed by atoms with Crippen LogP contribution >= 0.6 is 0 Å². The van der Waals surface area contributed by atoms with Gasteiger partial charge in [-0.25, -0.2) is 0 Å². The highest BCUT2D eigenvalue weighted by atomic mass is 16.6. The van der Waals surface area contributed by atoms with E-state index in [1.165, 1.54) is 0 Å². The van der Waals surface area contributed by atoms with Crippen molar-refractivity contribution >= 4 is 0 Å². The first-order chi connectivity index (χ1) is 5.33. The molecule has 0 aromatic rings. The molecule has 0 radical (unpaired) electrons. The van der Waals surface area contributed by atoms with Crippen molar-refractivity contribution in [1.82, 2.24) is 0 Å². The Bertz CT molecular complexity index is 172. The van der Waals surface area contributed by atoms with E-state index in [1.54, 1.807) is 0 Å². The monoisotopic (exact) mass is 96.1 g/mol. The van der Waals surface area contributed by atoms with Crippen LogP contribution in [0.1, 0.15) is 5.48 Å². The van der Waals surface area contributed by atoms with Gasteiger partial charge in [0.25, 0.3) is 0 Å². The minimum atomic E-state index is -2.62. The fourth-order valence-electron chi connectivity index (χ4n) is 0.134. The molecule has 0 aromatic heterocycles. The van der Waals surface area contributed by atoms with Crippen molar-refractivity contribution in [2.24, 2.45) is 0 Å². The quantitative estimate of drug-likeness (QED) is 0.420. The first kappa shape index (κ1) is 0.992. The van der Waals surface area contributed by atoms with E-state index in [0.717, 1.165) is 0 Å². The Balaban J connectivity index is 2.96. The smallest absolute Gasteiger partial charge is 0.214 e. The van der Waals surface area contributed by atoms with Crippen molar-refractivity contribution in [3.05, 3.63) is 0 Å². The van der Waals surface area contributed by atoms with Gasteiger partial charge in [0.15, 0.2) is 0 Å². The standard InChI is InChI=1S/C3H6O3/c4-3(5)1-6-2-3/h4-5H,1-2H2/i1D2,2D2,4D,5D. The van der Waals surface area contributed by atoms with Crippen molar-refractivity contribution in [2.75, 3.05) is 13.1 Å². The molecular formula is C3H6O3. The van der Waals surface area contributed by atoms with Crippen molar-refractivity contribution < 1.29 is 20.4 Å². The molecule has 0 saturated carbocycles. The van der Waals surface area contributed by atoms with Crippen LogP contribution in [-0.2, 0) is 4.74 Å². The fraction of sp³-hybridized carbons (Fsp3) is 1.00. The van der Waals surface area contributed by atoms with Gasteiger partial charge in [0.05, 0.1) is 5.48 Å². The molecule has 1 heterocycles. The highest BCUT2D eigenvalue weighted by molar-refractivity contribution is 4.69. The average Bonchev–Trinajstić information content (AvgIpc) is 1.85. The van der Waals surface area contributed by atoms with Crippen molar-refractivity contribution in [3.8, 4) is 0 Å². The number of aliphatic hydroxyl groups is 2. The van der Waals surface area contributed by atoms with Crippen LogP contribution in [0, 0.1) is 0 Å². The van der Waals surface area contributed by atoms with Gasteiger partial charge in [-0.15, -0.1) is 0 Å². The molecular weight excluding hydrogens is 84.0 g/mol. The molecule has 1 aliphatic rings. The van der Waals surface area contributed by atoms with Crippen LogP contribution in [0.25, 0.3) is 0 Å². The molecule has 1 aliphatic heterocycles. The molecule has 36 valence electrons. The van der Waals surface area contributed by atoms with Crippen LogP contribution in [0.15, 0.2) is 0 Å². The van der Waals surface area contributed by atoms with Gasteiger partial charge in [-0.3, -0.25) is 0 Å². The summed E-state index contributed by atoms with van der Waals surface area (Å²) in [6, 6.07) is 0. The summed E-state index contributed by atoms with van der Waals surface area (Å²) in [6.45, 7) is -5.25. The highest BCUT2D eigenvalue weighted by Crippen LogP contribution is 2.10. The predicted molar refractivity (Wildman–Crippen MR) is 18.0 cm³/mol. The number of ether oxygens (including phenoxy) is 1. The summed E-state index contributed by atoms with van der Waals surface area (Å²) in [6.07, 6.45) is 0. The van der Waals surface area contributed by atoms with Gasteiger partial charge in [0.2, 0.25) is 8.65 Å². The maximum Gasteiger partial charge on any atom is 0.214 e. The highest BCUT2D eigenvalue weighted by Gasteiger charge is 2.32. The molecule has 0 aliphatic carbocycles. The minimum Gasteiger partial charge on any atom is -0.370 e. The lowest BCUT2D eigenvalue weighted by molar-refractivity contribution is -0.297. The Morgan fingerprint density at radius 1 is 1.83 bits per heavy atom. The van der Waals surface area contributed by atoms with Gasteiger partial charge in [0.1, 0.15) is 13.1 Å². The zero-order valence-electron chi connectivity index (χ0n) is 8.72. The van der Waals surface area contributed by atoms with Gasteiger partial charge in [0, 0.05) is 0 Å². The van der Waals surface area contributed by atoms with Gasteiger partial charge >= 0.3 is 0 Å². The Labute approximate surface area is 43.8 Å². The molecule has 0 atom stereocenters. The molecule has 3 heteroatoms. The van der Waals surface area contributed by atoms with E-state index in [0.29, 0.717) is 0 Å². The third-order valence-corrected chi connectivity index (χ3v) is 0.371. The summed E-state index contributed by atoms with van der Waals surface area (Å²) < 4.78 is 44.7. The first-order valence-electron chi connectivity index (χ1n) is 4.13. The lowest BCUT2D eigenvalue weighted by Crippen LogP contribution is -2.49. The summed E-state index contributed by atoms with van der Waals surface area (Å²) >= 11 is 0. The van der Waals surface area contributed by atoms with Crippen LogP contribution in [0.4, 0.5) is 0 Å². The second-order valence-electron chi connectivity index (χ2n) is 0.923. The molecule has 0 unspecified atom stereocenters. The first-order valence-corrected chi connectivity index (χ1v) is 1.32. The molecule has 0 amide bonds. The average molecular weight is 96.1 g/mol. The molecule has 2 N–H and O–H groups in total. The lowest BCUT2D eigenvalue weighted by Gasteiger charge is -2.29. The molecule has 1 fully saturated rings. The third-order valence-electron chi connectivity index (χ3n) is 0.371. The molecule has 0 bridgehead atoms. The van der Waals surface area contributed by atoms with Gasteiger partial charge in [-0.05, 0) is 0 Å². The van der Waals surface area contributed by atoms with E-state index >= 15 is 0 Å². The van der Waals surface area contributed by atoms with Gasteiger partial charge in [-0.1, -0.05) is 0 Å². The summed E-state index contributed by atoms with van der Waals surface area (Å²) in [5.41, 5.74) is 0. The van der Waals surface area contributed by atoms with E-state index in [4.69, 9.17) is 8.35 Å². The van der Waals surface area contributed by atoms with Gasteiger partial charge < -0.3 is 15.0 Å². The molecule has 0 aromatic carbocycles. The van der Waals surface area contributed by atoms with E-state index in [9.17, 15) is 0 Å². The second-order valence-corrected chi connectivity index (χ2v) is 0.923. The van der Waals surface area contributed by atoms with E-state index in [-0.39, 0.29) is 0 Å². The lowest BCUT2D eigenvalue weighted by atomic mass is 10.3. The van der Waals surface area contributed by atoms with E-state index < -0.39 is 18.9 Å². The zero-order valence-corrected chi connectivity index (χ0v) is 2.72. The summed E-state index contributed by atoms with van der Waals surface area (Å²) in [7, 11) is 0. The van der Waals surface area contributed by atoms with Crippen molar-refractivity contribution in [3.63, 3.8) is 0 Å². The predicted octanol–water partition coefficient (Wildman–Crippen LogP) is -1.30. The Hall–Kier alpha value is -0.120. The zero-order chi connectivity index (χ0) is 9.62. The number of hydrogen-bond acceptors (Lipinski definition) is 3. The van der Waals surface area contributed by atoms with Crippen molar-refractivity contribution in [2.45, 2.75) is 5.79 Å². The summed E-state index contributed by atoms with van der Waals surface area (Å²) in [4.78, 5) is 0. The van der Waals surface area contributed by atoms with Crippen LogP contribution < -0.4 is 0 Å². The Kier molecular flexibility index (Phi) is 0.154. The molecule has 1 rings (SSSR count). The summed E-state index contributed by atoms with van der Waals surface area (Å²) in [5.74, 6) is -2.62. The minimum absolute atomic E-state index is 2.62. The molecule has 3 nitrogen and oxygen atoms in total. The van der Waals surface area contributed by atoms with Crippen LogP contribution in [0.2, 0.25) is 0 Å². The van der Waals surface area contributed by atoms with Gasteiger partial charge in [-0.2, -0.15) is 0 Å². The van der Waals surface area contributed by atoms with Crippen LogP contribution in [0.3, 0.4) is 0 Å². The normalized spacial score (nSPS) is 60.0. The fourth-order valence-corrected chi connectivity index (χ4v) is 0.134. The Morgan fingerprint density at radius 3 is 2.67 bits per heavy atom. The van der Waals surface area contributed by atoms with E-state index in [2.05, 4.69) is 15.0 Å². The van der Waals surface area contributed by atoms with E-state index in [1.807, 2.05) is 0 Å². The topological polar surface area (TPSA) is 49.7 Å². The van der Waals surface area contributed by atoms with Crippen LogP contribution in [0.5, 0.6) is 0 Å². The second kappa shape index (κ2) is 0.932. The maximum atomic E-state index is 6.94.